The molecule has 0 saturated carbocycles. The van der Waals surface area contributed by atoms with Gasteiger partial charge in [-0.15, -0.1) is 0 Å². The summed E-state index contributed by atoms with van der Waals surface area (Å²) in [6, 6.07) is 8.87. The fraction of sp³-hybridized carbons (Fsp3) is 0.222. The van der Waals surface area contributed by atoms with Gasteiger partial charge in [-0.05, 0) is 24.6 Å². The van der Waals surface area contributed by atoms with Gasteiger partial charge in [0.2, 0.25) is 0 Å². The second-order valence-electron chi connectivity index (χ2n) is 5.65. The molecule has 0 bridgehead atoms. The highest BCUT2D eigenvalue weighted by atomic mass is 19.1. The van der Waals surface area contributed by atoms with E-state index in [-0.39, 0.29) is 5.82 Å². The topological polar surface area (TPSA) is 56.3 Å². The maximum absolute atomic E-state index is 14.3. The van der Waals surface area contributed by atoms with E-state index in [1.807, 2.05) is 12.1 Å². The fourth-order valence-corrected chi connectivity index (χ4v) is 2.68. The lowest BCUT2D eigenvalue weighted by atomic mass is 10.2. The minimum atomic E-state index is -0.293. The summed E-state index contributed by atoms with van der Waals surface area (Å²) in [5.74, 6) is 1.56. The van der Waals surface area contributed by atoms with Crippen LogP contribution in [0.5, 0.6) is 11.5 Å². The van der Waals surface area contributed by atoms with Crippen LogP contribution in [0.3, 0.4) is 0 Å². The van der Waals surface area contributed by atoms with Gasteiger partial charge in [0.05, 0.1) is 24.4 Å². The number of halogens is 1. The number of hydrogen-bond donors (Lipinski definition) is 1. The van der Waals surface area contributed by atoms with E-state index in [4.69, 9.17) is 9.47 Å². The molecule has 4 rings (SSSR count). The van der Waals surface area contributed by atoms with Crippen LogP contribution in [0.15, 0.2) is 36.7 Å². The Bertz CT molecular complexity index is 914. The van der Waals surface area contributed by atoms with Gasteiger partial charge in [0.25, 0.3) is 0 Å². The highest BCUT2D eigenvalue weighted by molar-refractivity contribution is 5.93. The third kappa shape index (κ3) is 2.60. The Morgan fingerprint density at radius 2 is 1.88 bits per heavy atom. The van der Waals surface area contributed by atoms with Gasteiger partial charge < -0.3 is 14.8 Å². The van der Waals surface area contributed by atoms with E-state index in [2.05, 4.69) is 15.3 Å². The Morgan fingerprint density at radius 3 is 2.71 bits per heavy atom. The van der Waals surface area contributed by atoms with Gasteiger partial charge in [0.15, 0.2) is 11.5 Å². The molecule has 1 aliphatic heterocycles. The standard InChI is InChI=1S/C18H16FN3O2/c1-11-4-2-5-13(17(11)19)22-18-12-8-15-16(24-7-3-6-23-15)9-14(12)20-10-21-18/h2,4-5,8-10H,3,6-7H2,1H3,(H,20,21,22). The van der Waals surface area contributed by atoms with E-state index in [1.165, 1.54) is 6.33 Å². The van der Waals surface area contributed by atoms with Crippen molar-refractivity contribution < 1.29 is 13.9 Å². The lowest BCUT2D eigenvalue weighted by Gasteiger charge is -2.12. The first-order valence-electron chi connectivity index (χ1n) is 7.79. The second-order valence-corrected chi connectivity index (χ2v) is 5.65. The number of rotatable bonds is 2. The van der Waals surface area contributed by atoms with Crippen LogP contribution in [-0.4, -0.2) is 23.2 Å². The number of nitrogens with one attached hydrogen (secondary N) is 1. The molecule has 0 unspecified atom stereocenters. The number of fused-ring (bicyclic) bond motifs is 2. The molecule has 0 radical (unpaired) electrons. The molecule has 1 aliphatic rings. The minimum absolute atomic E-state index is 0.293. The maximum Gasteiger partial charge on any atom is 0.163 e. The van der Waals surface area contributed by atoms with Crippen molar-refractivity contribution in [3.8, 4) is 11.5 Å². The largest absolute Gasteiger partial charge is 0.490 e. The lowest BCUT2D eigenvalue weighted by Crippen LogP contribution is -2.00. The zero-order valence-corrected chi connectivity index (χ0v) is 13.2. The van der Waals surface area contributed by atoms with Crippen molar-refractivity contribution in [2.24, 2.45) is 0 Å². The Morgan fingerprint density at radius 1 is 1.08 bits per heavy atom. The number of hydrogen-bond acceptors (Lipinski definition) is 5. The zero-order chi connectivity index (χ0) is 16.5. The Kier molecular flexibility index (Phi) is 3.65. The average molecular weight is 325 g/mol. The molecule has 2 aromatic carbocycles. The summed E-state index contributed by atoms with van der Waals surface area (Å²) in [4.78, 5) is 8.54. The second kappa shape index (κ2) is 5.96. The molecule has 0 spiro atoms. The predicted octanol–water partition coefficient (Wildman–Crippen LogP) is 3.98. The molecule has 6 heteroatoms. The number of anilines is 2. The van der Waals surface area contributed by atoms with Crippen molar-refractivity contribution in [3.05, 3.63) is 48.0 Å². The van der Waals surface area contributed by atoms with Crippen LogP contribution in [0, 0.1) is 12.7 Å². The summed E-state index contributed by atoms with van der Waals surface area (Å²) >= 11 is 0. The first kappa shape index (κ1) is 14.7. The highest BCUT2D eigenvalue weighted by Gasteiger charge is 2.15. The maximum atomic E-state index is 14.3. The van der Waals surface area contributed by atoms with Gasteiger partial charge in [-0.1, -0.05) is 12.1 Å². The molecule has 2 heterocycles. The molecule has 0 atom stereocenters. The molecule has 24 heavy (non-hydrogen) atoms. The zero-order valence-electron chi connectivity index (χ0n) is 13.2. The molecule has 0 fully saturated rings. The highest BCUT2D eigenvalue weighted by Crippen LogP contribution is 2.36. The van der Waals surface area contributed by atoms with Crippen LogP contribution >= 0.6 is 0 Å². The smallest absolute Gasteiger partial charge is 0.163 e. The van der Waals surface area contributed by atoms with Crippen LogP contribution in [0.2, 0.25) is 0 Å². The van der Waals surface area contributed by atoms with Crippen LogP contribution in [0.4, 0.5) is 15.9 Å². The molecule has 0 saturated heterocycles. The predicted molar refractivity (Wildman–Crippen MR) is 89.6 cm³/mol. The molecule has 122 valence electrons. The lowest BCUT2D eigenvalue weighted by molar-refractivity contribution is 0.297. The first-order valence-corrected chi connectivity index (χ1v) is 7.79. The summed E-state index contributed by atoms with van der Waals surface area (Å²) < 4.78 is 25.7. The van der Waals surface area contributed by atoms with Crippen molar-refractivity contribution in [3.63, 3.8) is 0 Å². The van der Waals surface area contributed by atoms with Crippen molar-refractivity contribution in [2.75, 3.05) is 18.5 Å². The average Bonchev–Trinajstić information content (AvgIpc) is 2.82. The van der Waals surface area contributed by atoms with E-state index in [9.17, 15) is 4.39 Å². The number of nitrogens with zero attached hydrogens (tertiary/aromatic N) is 2. The van der Waals surface area contributed by atoms with Gasteiger partial charge >= 0.3 is 0 Å². The van der Waals surface area contributed by atoms with E-state index in [1.54, 1.807) is 25.1 Å². The molecular formula is C18H16FN3O2. The first-order chi connectivity index (χ1) is 11.7. The third-order valence-electron chi connectivity index (χ3n) is 3.95. The summed E-state index contributed by atoms with van der Waals surface area (Å²) in [5, 5.41) is 3.81. The molecule has 1 N–H and O–H groups in total. The Hall–Kier alpha value is -2.89. The van der Waals surface area contributed by atoms with Crippen molar-refractivity contribution in [1.82, 2.24) is 9.97 Å². The number of aromatic nitrogens is 2. The summed E-state index contributed by atoms with van der Waals surface area (Å²) in [6.45, 7) is 2.94. The van der Waals surface area contributed by atoms with E-state index in [0.29, 0.717) is 47.3 Å². The van der Waals surface area contributed by atoms with Gasteiger partial charge in [-0.3, -0.25) is 0 Å². The van der Waals surface area contributed by atoms with E-state index < -0.39 is 0 Å². The molecule has 0 amide bonds. The van der Waals surface area contributed by atoms with Crippen LogP contribution in [0.25, 0.3) is 10.9 Å². The molecule has 0 aliphatic carbocycles. The summed E-state index contributed by atoms with van der Waals surface area (Å²) in [6.07, 6.45) is 2.28. The van der Waals surface area contributed by atoms with Crippen molar-refractivity contribution >= 4 is 22.4 Å². The van der Waals surface area contributed by atoms with Gasteiger partial charge in [0, 0.05) is 17.9 Å². The molecular weight excluding hydrogens is 309 g/mol. The normalized spacial score (nSPS) is 13.6. The monoisotopic (exact) mass is 325 g/mol. The molecule has 1 aromatic heterocycles. The van der Waals surface area contributed by atoms with E-state index >= 15 is 0 Å². The van der Waals surface area contributed by atoms with Crippen LogP contribution < -0.4 is 14.8 Å². The van der Waals surface area contributed by atoms with Crippen molar-refractivity contribution in [1.29, 1.82) is 0 Å². The SMILES string of the molecule is Cc1cccc(Nc2ncnc3cc4c(cc23)OCCCO4)c1F. The Labute approximate surface area is 138 Å². The number of benzene rings is 2. The van der Waals surface area contributed by atoms with Crippen LogP contribution in [-0.2, 0) is 0 Å². The molecule has 3 aromatic rings. The van der Waals surface area contributed by atoms with Crippen LogP contribution in [0.1, 0.15) is 12.0 Å². The number of aryl methyl sites for hydroxylation is 1. The summed E-state index contributed by atoms with van der Waals surface area (Å²) in [5.41, 5.74) is 1.66. The van der Waals surface area contributed by atoms with Gasteiger partial charge in [-0.25, -0.2) is 14.4 Å². The number of ether oxygens (including phenoxy) is 2. The Balaban J connectivity index is 1.81. The van der Waals surface area contributed by atoms with Gasteiger partial charge in [0.1, 0.15) is 18.0 Å². The minimum Gasteiger partial charge on any atom is -0.490 e. The van der Waals surface area contributed by atoms with E-state index in [0.717, 1.165) is 11.8 Å². The van der Waals surface area contributed by atoms with Crippen molar-refractivity contribution in [2.45, 2.75) is 13.3 Å². The van der Waals surface area contributed by atoms with Gasteiger partial charge in [-0.2, -0.15) is 0 Å². The quantitative estimate of drug-likeness (QED) is 0.772. The fourth-order valence-electron chi connectivity index (χ4n) is 2.68. The molecule has 5 nitrogen and oxygen atoms in total. The summed E-state index contributed by atoms with van der Waals surface area (Å²) in [7, 11) is 0. The third-order valence-corrected chi connectivity index (χ3v) is 3.95.